The van der Waals surface area contributed by atoms with Crippen LogP contribution in [-0.2, 0) is 4.74 Å². The Morgan fingerprint density at radius 3 is 2.33 bits per heavy atom. The minimum Gasteiger partial charge on any atom is -0.464 e. The largest absolute Gasteiger partial charge is 0.464 e. The molecule has 0 fully saturated rings. The molecule has 1 aromatic heterocycles. The Bertz CT molecular complexity index is 764. The molecular formula is C13H9F3N2O3. The summed E-state index contributed by atoms with van der Waals surface area (Å²) in [6.07, 6.45) is 1.17. The number of rotatable bonds is 2. The lowest BCUT2D eigenvalue weighted by molar-refractivity contribution is 0.0590. The Balaban J connectivity index is 2.68. The van der Waals surface area contributed by atoms with E-state index in [1.54, 1.807) is 0 Å². The van der Waals surface area contributed by atoms with Crippen molar-refractivity contribution in [2.45, 2.75) is 6.92 Å². The summed E-state index contributed by atoms with van der Waals surface area (Å²) < 4.78 is 44.7. The van der Waals surface area contributed by atoms with Crippen molar-refractivity contribution in [2.75, 3.05) is 7.11 Å². The van der Waals surface area contributed by atoms with E-state index >= 15 is 0 Å². The predicted octanol–water partition coefficient (Wildman–Crippen LogP) is 1.74. The summed E-state index contributed by atoms with van der Waals surface area (Å²) in [7, 11) is 1.06. The molecule has 0 radical (unpaired) electrons. The number of methoxy groups -OCH3 is 1. The van der Waals surface area contributed by atoms with E-state index in [9.17, 15) is 22.8 Å². The fourth-order valence-corrected chi connectivity index (χ4v) is 1.65. The Kier molecular flexibility index (Phi) is 3.79. The number of hydrogen-bond acceptors (Lipinski definition) is 4. The molecule has 2 rings (SSSR count). The van der Waals surface area contributed by atoms with Crippen LogP contribution >= 0.6 is 0 Å². The minimum absolute atomic E-state index is 0.107. The molecule has 0 aliphatic heterocycles. The van der Waals surface area contributed by atoms with E-state index in [1.807, 2.05) is 0 Å². The number of carbonyl (C=O) groups excluding carboxylic acids is 1. The third kappa shape index (κ3) is 2.64. The Hall–Kier alpha value is -2.64. The summed E-state index contributed by atoms with van der Waals surface area (Å²) >= 11 is 0. The topological polar surface area (TPSA) is 61.2 Å². The first-order valence-electron chi connectivity index (χ1n) is 5.69. The van der Waals surface area contributed by atoms with Crippen LogP contribution in [0.5, 0.6) is 0 Å². The van der Waals surface area contributed by atoms with Crippen LogP contribution in [0, 0.1) is 24.4 Å². The lowest BCUT2D eigenvalue weighted by atomic mass is 10.2. The first-order chi connectivity index (χ1) is 9.85. The highest BCUT2D eigenvalue weighted by Gasteiger charge is 2.18. The van der Waals surface area contributed by atoms with Gasteiger partial charge in [-0.1, -0.05) is 0 Å². The molecule has 1 heterocycles. The quantitative estimate of drug-likeness (QED) is 0.626. The fraction of sp³-hybridized carbons (Fsp3) is 0.154. The second kappa shape index (κ2) is 5.39. The van der Waals surface area contributed by atoms with Crippen molar-refractivity contribution in [1.29, 1.82) is 0 Å². The van der Waals surface area contributed by atoms with Gasteiger partial charge in [0.2, 0.25) is 11.1 Å². The normalized spacial score (nSPS) is 10.5. The van der Waals surface area contributed by atoms with Gasteiger partial charge in [0, 0.05) is 23.9 Å². The second-order valence-corrected chi connectivity index (χ2v) is 4.15. The Morgan fingerprint density at radius 1 is 1.24 bits per heavy atom. The molecule has 0 spiro atoms. The highest BCUT2D eigenvalue weighted by molar-refractivity contribution is 5.87. The van der Waals surface area contributed by atoms with Gasteiger partial charge in [-0.15, -0.1) is 0 Å². The van der Waals surface area contributed by atoms with Gasteiger partial charge in [0.25, 0.3) is 0 Å². The average Bonchev–Trinajstić information content (AvgIpc) is 2.46. The smallest absolute Gasteiger partial charge is 0.362 e. The van der Waals surface area contributed by atoms with Gasteiger partial charge in [-0.3, -0.25) is 4.79 Å². The van der Waals surface area contributed by atoms with Gasteiger partial charge in [-0.25, -0.2) is 22.6 Å². The molecule has 0 amide bonds. The number of aromatic nitrogens is 2. The molecule has 0 saturated carbocycles. The summed E-state index contributed by atoms with van der Waals surface area (Å²) in [5, 5.41) is 3.66. The third-order valence-corrected chi connectivity index (χ3v) is 2.71. The molecule has 0 aliphatic carbocycles. The number of nitrogens with zero attached hydrogens (tertiary/aromatic N) is 2. The number of benzene rings is 1. The second-order valence-electron chi connectivity index (χ2n) is 4.15. The monoisotopic (exact) mass is 298 g/mol. The van der Waals surface area contributed by atoms with E-state index in [0.717, 1.165) is 11.8 Å². The SMILES string of the molecule is COC(=O)c1nn(-c2cc(F)c(F)c(F)c2)cc(C)c1=O. The summed E-state index contributed by atoms with van der Waals surface area (Å²) in [6.45, 7) is 1.39. The minimum atomic E-state index is -1.62. The first-order valence-corrected chi connectivity index (χ1v) is 5.69. The van der Waals surface area contributed by atoms with E-state index in [2.05, 4.69) is 9.84 Å². The molecule has 0 saturated heterocycles. The number of ether oxygens (including phenoxy) is 1. The lowest BCUT2D eigenvalue weighted by Crippen LogP contribution is -2.24. The van der Waals surface area contributed by atoms with E-state index in [0.29, 0.717) is 12.1 Å². The van der Waals surface area contributed by atoms with Gasteiger partial charge >= 0.3 is 5.97 Å². The Labute approximate surface area is 116 Å². The van der Waals surface area contributed by atoms with Crippen LogP contribution in [-0.4, -0.2) is 22.9 Å². The summed E-state index contributed by atoms with van der Waals surface area (Å²) in [5.74, 6) is -5.43. The zero-order chi connectivity index (χ0) is 15.7. The molecule has 5 nitrogen and oxygen atoms in total. The third-order valence-electron chi connectivity index (χ3n) is 2.71. The molecule has 0 aliphatic rings. The number of hydrogen-bond donors (Lipinski definition) is 0. The van der Waals surface area contributed by atoms with Crippen molar-refractivity contribution in [1.82, 2.24) is 9.78 Å². The fourth-order valence-electron chi connectivity index (χ4n) is 1.65. The standard InChI is InChI=1S/C13H9F3N2O3/c1-6-5-18(17-11(12(6)19)13(20)21-2)7-3-8(14)10(16)9(15)4-7/h3-5H,1-2H3. The van der Waals surface area contributed by atoms with E-state index in [4.69, 9.17) is 0 Å². The maximum Gasteiger partial charge on any atom is 0.362 e. The lowest BCUT2D eigenvalue weighted by Gasteiger charge is -2.09. The van der Waals surface area contributed by atoms with Gasteiger partial charge < -0.3 is 4.74 Å². The molecule has 2 aromatic rings. The maximum atomic E-state index is 13.2. The van der Waals surface area contributed by atoms with Gasteiger partial charge in [-0.05, 0) is 6.92 Å². The van der Waals surface area contributed by atoms with Crippen LogP contribution in [0.15, 0.2) is 23.1 Å². The van der Waals surface area contributed by atoms with Gasteiger partial charge in [-0.2, -0.15) is 5.10 Å². The van der Waals surface area contributed by atoms with Crippen molar-refractivity contribution >= 4 is 5.97 Å². The molecule has 21 heavy (non-hydrogen) atoms. The highest BCUT2D eigenvalue weighted by atomic mass is 19.2. The van der Waals surface area contributed by atoms with E-state index in [-0.39, 0.29) is 11.3 Å². The summed E-state index contributed by atoms with van der Waals surface area (Å²) in [6, 6.07) is 1.38. The summed E-state index contributed by atoms with van der Waals surface area (Å²) in [4.78, 5) is 23.2. The van der Waals surface area contributed by atoms with Crippen molar-refractivity contribution in [3.63, 3.8) is 0 Å². The molecule has 0 unspecified atom stereocenters. The van der Waals surface area contributed by atoms with Gasteiger partial charge in [0.15, 0.2) is 17.5 Å². The highest BCUT2D eigenvalue weighted by Crippen LogP contribution is 2.16. The van der Waals surface area contributed by atoms with Gasteiger partial charge in [0.05, 0.1) is 12.8 Å². The van der Waals surface area contributed by atoms with Crippen molar-refractivity contribution in [3.05, 3.63) is 57.3 Å². The van der Waals surface area contributed by atoms with Crippen LogP contribution in [0.25, 0.3) is 5.69 Å². The van der Waals surface area contributed by atoms with Crippen LogP contribution in [0.1, 0.15) is 16.1 Å². The predicted molar refractivity (Wildman–Crippen MR) is 65.8 cm³/mol. The molecule has 110 valence electrons. The number of esters is 1. The zero-order valence-electron chi connectivity index (χ0n) is 11.0. The molecule has 0 N–H and O–H groups in total. The van der Waals surface area contributed by atoms with Crippen molar-refractivity contribution in [2.24, 2.45) is 0 Å². The zero-order valence-corrected chi connectivity index (χ0v) is 11.0. The van der Waals surface area contributed by atoms with Crippen molar-refractivity contribution < 1.29 is 22.7 Å². The van der Waals surface area contributed by atoms with Crippen LogP contribution in [0.2, 0.25) is 0 Å². The molecule has 0 bridgehead atoms. The number of halogens is 3. The number of aryl methyl sites for hydroxylation is 1. The van der Waals surface area contributed by atoms with Crippen molar-refractivity contribution in [3.8, 4) is 5.69 Å². The van der Waals surface area contributed by atoms with E-state index in [1.165, 1.54) is 13.1 Å². The molecule has 1 aromatic carbocycles. The maximum absolute atomic E-state index is 13.2. The van der Waals surface area contributed by atoms with Crippen LogP contribution in [0.4, 0.5) is 13.2 Å². The number of carbonyl (C=O) groups is 1. The van der Waals surface area contributed by atoms with Crippen LogP contribution in [0.3, 0.4) is 0 Å². The molecule has 0 atom stereocenters. The summed E-state index contributed by atoms with van der Waals surface area (Å²) in [5.41, 5.74) is -1.28. The van der Waals surface area contributed by atoms with Crippen LogP contribution < -0.4 is 5.43 Å². The molecule has 8 heteroatoms. The average molecular weight is 298 g/mol. The Morgan fingerprint density at radius 2 is 1.81 bits per heavy atom. The first kappa shape index (κ1) is 14.8. The van der Waals surface area contributed by atoms with Gasteiger partial charge in [0.1, 0.15) is 0 Å². The molecular weight excluding hydrogens is 289 g/mol. The van der Waals surface area contributed by atoms with E-state index < -0.39 is 34.5 Å².